The van der Waals surface area contributed by atoms with E-state index >= 15 is 0 Å². The van der Waals surface area contributed by atoms with Crippen molar-refractivity contribution in [2.24, 2.45) is 5.10 Å². The molecule has 0 aliphatic carbocycles. The maximum absolute atomic E-state index is 5.83. The lowest BCUT2D eigenvalue weighted by atomic mass is 10.3. The summed E-state index contributed by atoms with van der Waals surface area (Å²) >= 11 is 5.83. The number of hydrogen-bond donors (Lipinski definition) is 0. The summed E-state index contributed by atoms with van der Waals surface area (Å²) in [6.45, 7) is 0. The first-order valence-electron chi connectivity index (χ1n) is 5.19. The molecule has 0 N–H and O–H groups in total. The smallest absolute Gasteiger partial charge is 0.0591 e. The third-order valence-electron chi connectivity index (χ3n) is 2.29. The Morgan fingerprint density at radius 1 is 1.12 bits per heavy atom. The molecule has 4 heteroatoms. The summed E-state index contributed by atoms with van der Waals surface area (Å²) in [5.74, 6) is 0. The molecule has 0 aliphatic heterocycles. The molecule has 1 aromatic carbocycles. The fraction of sp³-hybridized carbons (Fsp3) is 0.0769. The van der Waals surface area contributed by atoms with Gasteiger partial charge in [0, 0.05) is 24.5 Å². The molecule has 86 valence electrons. The fourth-order valence-electron chi connectivity index (χ4n) is 1.33. The van der Waals surface area contributed by atoms with Crippen molar-refractivity contribution in [3.63, 3.8) is 0 Å². The lowest BCUT2D eigenvalue weighted by Crippen LogP contribution is -2.08. The van der Waals surface area contributed by atoms with E-state index in [0.29, 0.717) is 0 Å². The number of halogens is 1. The zero-order chi connectivity index (χ0) is 12.1. The van der Waals surface area contributed by atoms with Gasteiger partial charge in [0.05, 0.1) is 11.9 Å². The molecular weight excluding hydrogens is 234 g/mol. The largest absolute Gasteiger partial charge is 0.269 e. The minimum absolute atomic E-state index is 0.722. The van der Waals surface area contributed by atoms with Gasteiger partial charge in [0.15, 0.2) is 0 Å². The third kappa shape index (κ3) is 3.29. The van der Waals surface area contributed by atoms with Crippen LogP contribution in [0.1, 0.15) is 5.56 Å². The summed E-state index contributed by atoms with van der Waals surface area (Å²) in [7, 11) is 1.89. The first-order valence-corrected chi connectivity index (χ1v) is 5.57. The second-order valence-corrected chi connectivity index (χ2v) is 3.96. The van der Waals surface area contributed by atoms with E-state index in [-0.39, 0.29) is 0 Å². The zero-order valence-corrected chi connectivity index (χ0v) is 10.2. The molecule has 0 saturated heterocycles. The Bertz CT molecular complexity index is 494. The lowest BCUT2D eigenvalue weighted by molar-refractivity contribution is 1.02. The fourth-order valence-corrected chi connectivity index (χ4v) is 1.45. The van der Waals surface area contributed by atoms with Crippen LogP contribution in [0.15, 0.2) is 53.9 Å². The molecule has 0 unspecified atom stereocenters. The van der Waals surface area contributed by atoms with E-state index in [4.69, 9.17) is 11.6 Å². The predicted molar refractivity (Wildman–Crippen MR) is 71.7 cm³/mol. The van der Waals surface area contributed by atoms with Crippen molar-refractivity contribution in [1.29, 1.82) is 0 Å². The second kappa shape index (κ2) is 5.46. The molecule has 0 atom stereocenters. The van der Waals surface area contributed by atoms with Crippen LogP contribution in [0.2, 0.25) is 5.02 Å². The summed E-state index contributed by atoms with van der Waals surface area (Å²) in [6.07, 6.45) is 5.27. The maximum atomic E-state index is 5.83. The van der Waals surface area contributed by atoms with Gasteiger partial charge in [0.2, 0.25) is 0 Å². The molecule has 0 amide bonds. The molecule has 1 heterocycles. The van der Waals surface area contributed by atoms with Crippen molar-refractivity contribution in [2.75, 3.05) is 12.1 Å². The van der Waals surface area contributed by atoms with Crippen molar-refractivity contribution in [3.05, 3.63) is 59.4 Å². The number of pyridine rings is 1. The summed E-state index contributed by atoms with van der Waals surface area (Å²) in [4.78, 5) is 3.95. The first-order chi connectivity index (χ1) is 8.25. The van der Waals surface area contributed by atoms with Gasteiger partial charge in [-0.25, -0.2) is 0 Å². The number of hydrogen-bond acceptors (Lipinski definition) is 3. The summed E-state index contributed by atoms with van der Waals surface area (Å²) in [6, 6.07) is 11.3. The molecule has 0 spiro atoms. The van der Waals surface area contributed by atoms with E-state index in [1.54, 1.807) is 23.6 Å². The highest BCUT2D eigenvalue weighted by Gasteiger charge is 1.97. The average Bonchev–Trinajstić information content (AvgIpc) is 2.38. The number of hydrazone groups is 1. The van der Waals surface area contributed by atoms with Crippen molar-refractivity contribution in [3.8, 4) is 0 Å². The van der Waals surface area contributed by atoms with Gasteiger partial charge < -0.3 is 0 Å². The summed E-state index contributed by atoms with van der Waals surface area (Å²) in [5, 5.41) is 6.84. The van der Waals surface area contributed by atoms with Gasteiger partial charge >= 0.3 is 0 Å². The lowest BCUT2D eigenvalue weighted by Gasteiger charge is -2.12. The van der Waals surface area contributed by atoms with Crippen LogP contribution in [0.5, 0.6) is 0 Å². The number of anilines is 1. The van der Waals surface area contributed by atoms with Gasteiger partial charge in [-0.3, -0.25) is 9.99 Å². The van der Waals surface area contributed by atoms with Gasteiger partial charge in [0.1, 0.15) is 0 Å². The molecule has 1 aromatic heterocycles. The van der Waals surface area contributed by atoms with Crippen molar-refractivity contribution < 1.29 is 0 Å². The molecule has 0 aliphatic rings. The Hall–Kier alpha value is -1.87. The highest BCUT2D eigenvalue weighted by Crippen LogP contribution is 2.16. The van der Waals surface area contributed by atoms with Crippen LogP contribution in [0.3, 0.4) is 0 Å². The predicted octanol–water partition coefficient (Wildman–Crippen LogP) is 3.21. The molecular formula is C13H12ClN3. The van der Waals surface area contributed by atoms with Crippen molar-refractivity contribution in [2.45, 2.75) is 0 Å². The Morgan fingerprint density at radius 2 is 1.76 bits per heavy atom. The summed E-state index contributed by atoms with van der Waals surface area (Å²) < 4.78 is 0. The monoisotopic (exact) mass is 245 g/mol. The quantitative estimate of drug-likeness (QED) is 0.614. The van der Waals surface area contributed by atoms with Crippen LogP contribution in [0.4, 0.5) is 5.69 Å². The maximum Gasteiger partial charge on any atom is 0.0591 e. The van der Waals surface area contributed by atoms with E-state index in [1.165, 1.54) is 0 Å². The number of rotatable bonds is 3. The number of nitrogens with zero attached hydrogens (tertiary/aromatic N) is 3. The Morgan fingerprint density at radius 3 is 2.41 bits per heavy atom. The van der Waals surface area contributed by atoms with E-state index in [1.807, 2.05) is 43.4 Å². The van der Waals surface area contributed by atoms with E-state index in [0.717, 1.165) is 16.3 Å². The first kappa shape index (κ1) is 11.6. The number of benzene rings is 1. The van der Waals surface area contributed by atoms with Gasteiger partial charge in [-0.2, -0.15) is 5.10 Å². The van der Waals surface area contributed by atoms with Crippen molar-refractivity contribution >= 4 is 23.5 Å². The minimum atomic E-state index is 0.722. The highest BCUT2D eigenvalue weighted by atomic mass is 35.5. The minimum Gasteiger partial charge on any atom is -0.269 e. The standard InChI is InChI=1S/C13H12ClN3/c1-17(13-4-2-12(14)3-5-13)16-10-11-6-8-15-9-7-11/h2-10H,1H3. The van der Waals surface area contributed by atoms with Crippen LogP contribution in [0.25, 0.3) is 0 Å². The van der Waals surface area contributed by atoms with E-state index in [9.17, 15) is 0 Å². The molecule has 2 aromatic rings. The molecule has 17 heavy (non-hydrogen) atoms. The molecule has 0 fully saturated rings. The van der Waals surface area contributed by atoms with Gasteiger partial charge in [-0.15, -0.1) is 0 Å². The molecule has 0 bridgehead atoms. The third-order valence-corrected chi connectivity index (χ3v) is 2.54. The van der Waals surface area contributed by atoms with Gasteiger partial charge in [0.25, 0.3) is 0 Å². The topological polar surface area (TPSA) is 28.5 Å². The second-order valence-electron chi connectivity index (χ2n) is 3.53. The summed E-state index contributed by atoms with van der Waals surface area (Å²) in [5.41, 5.74) is 2.00. The van der Waals surface area contributed by atoms with E-state index in [2.05, 4.69) is 10.1 Å². The zero-order valence-electron chi connectivity index (χ0n) is 9.42. The van der Waals surface area contributed by atoms with Crippen molar-refractivity contribution in [1.82, 2.24) is 4.98 Å². The molecule has 0 radical (unpaired) electrons. The van der Waals surface area contributed by atoms with Gasteiger partial charge in [-0.1, -0.05) is 11.6 Å². The normalized spacial score (nSPS) is 10.7. The SMILES string of the molecule is CN(N=Cc1ccncc1)c1ccc(Cl)cc1. The number of aromatic nitrogens is 1. The molecule has 2 rings (SSSR count). The highest BCUT2D eigenvalue weighted by molar-refractivity contribution is 6.30. The molecule has 3 nitrogen and oxygen atoms in total. The Labute approximate surface area is 105 Å². The average molecular weight is 246 g/mol. The van der Waals surface area contributed by atoms with Crippen LogP contribution in [-0.2, 0) is 0 Å². The Balaban J connectivity index is 2.09. The van der Waals surface area contributed by atoms with Crippen LogP contribution in [-0.4, -0.2) is 18.2 Å². The molecule has 0 saturated carbocycles. The Kier molecular flexibility index (Phi) is 3.73. The van der Waals surface area contributed by atoms with Gasteiger partial charge in [-0.05, 0) is 42.0 Å². The van der Waals surface area contributed by atoms with Crippen LogP contribution in [0, 0.1) is 0 Å². The van der Waals surface area contributed by atoms with Crippen LogP contribution < -0.4 is 5.01 Å². The van der Waals surface area contributed by atoms with Crippen LogP contribution >= 0.6 is 11.6 Å². The van der Waals surface area contributed by atoms with E-state index < -0.39 is 0 Å².